The molecule has 0 saturated carbocycles. The summed E-state index contributed by atoms with van der Waals surface area (Å²) in [7, 11) is 0. The van der Waals surface area contributed by atoms with Gasteiger partial charge in [-0.3, -0.25) is 9.59 Å². The molecule has 9 nitrogen and oxygen atoms in total. The van der Waals surface area contributed by atoms with Gasteiger partial charge in [-0.25, -0.2) is 5.43 Å². The van der Waals surface area contributed by atoms with E-state index < -0.39 is 11.8 Å². The third kappa shape index (κ3) is 6.66. The summed E-state index contributed by atoms with van der Waals surface area (Å²) >= 11 is 0. The Kier molecular flexibility index (Phi) is 8.38. The predicted molar refractivity (Wildman–Crippen MR) is 139 cm³/mol. The van der Waals surface area contributed by atoms with Crippen LogP contribution in [0.25, 0.3) is 6.08 Å². The number of fused-ring (bicyclic) bond motifs is 1. The maximum Gasteiger partial charge on any atom is 0.287 e. The topological polar surface area (TPSA) is 107 Å². The van der Waals surface area contributed by atoms with Crippen molar-refractivity contribution in [2.75, 3.05) is 20.0 Å². The summed E-state index contributed by atoms with van der Waals surface area (Å²) in [5.74, 6) is 1.35. The molecule has 9 heteroatoms. The lowest BCUT2D eigenvalue weighted by Gasteiger charge is -2.11. The Labute approximate surface area is 214 Å². The highest BCUT2D eigenvalue weighted by atomic mass is 16.7. The largest absolute Gasteiger partial charge is 0.490 e. The lowest BCUT2D eigenvalue weighted by atomic mass is 10.1. The van der Waals surface area contributed by atoms with Crippen LogP contribution in [0.15, 0.2) is 77.5 Å². The van der Waals surface area contributed by atoms with Gasteiger partial charge in [0.25, 0.3) is 11.8 Å². The number of hydrogen-bond donors (Lipinski definition) is 2. The monoisotopic (exact) mass is 501 g/mol. The number of ether oxygens (including phenoxy) is 4. The quantitative estimate of drug-likeness (QED) is 0.246. The van der Waals surface area contributed by atoms with Crippen molar-refractivity contribution in [1.82, 2.24) is 10.7 Å². The van der Waals surface area contributed by atoms with E-state index in [0.29, 0.717) is 52.9 Å². The highest BCUT2D eigenvalue weighted by Crippen LogP contribution is 2.33. The first-order chi connectivity index (χ1) is 18.1. The van der Waals surface area contributed by atoms with E-state index in [1.165, 1.54) is 12.3 Å². The number of carbonyl (C=O) groups is 2. The second-order valence-electron chi connectivity index (χ2n) is 7.76. The van der Waals surface area contributed by atoms with E-state index in [1.54, 1.807) is 66.7 Å². The van der Waals surface area contributed by atoms with Gasteiger partial charge < -0.3 is 24.3 Å². The summed E-state index contributed by atoms with van der Waals surface area (Å²) in [6, 6.07) is 19.2. The summed E-state index contributed by atoms with van der Waals surface area (Å²) in [4.78, 5) is 25.8. The minimum absolute atomic E-state index is 0.00608. The third-order valence-corrected chi connectivity index (χ3v) is 5.18. The first kappa shape index (κ1) is 25.3. The second-order valence-corrected chi connectivity index (χ2v) is 7.76. The van der Waals surface area contributed by atoms with Crippen LogP contribution in [-0.4, -0.2) is 38.0 Å². The number of amides is 2. The highest BCUT2D eigenvalue weighted by Gasteiger charge is 2.17. The normalized spacial score (nSPS) is 12.3. The number of benzene rings is 3. The predicted octanol–water partition coefficient (Wildman–Crippen LogP) is 4.13. The molecule has 0 saturated heterocycles. The van der Waals surface area contributed by atoms with E-state index in [9.17, 15) is 9.59 Å². The molecule has 37 heavy (non-hydrogen) atoms. The van der Waals surface area contributed by atoms with Gasteiger partial charge in [0.15, 0.2) is 23.0 Å². The van der Waals surface area contributed by atoms with Crippen molar-refractivity contribution >= 4 is 24.1 Å². The fourth-order valence-electron chi connectivity index (χ4n) is 3.49. The van der Waals surface area contributed by atoms with Gasteiger partial charge in [0, 0.05) is 5.56 Å². The number of rotatable bonds is 10. The molecule has 0 aliphatic carbocycles. The minimum atomic E-state index is -0.603. The van der Waals surface area contributed by atoms with Crippen LogP contribution in [-0.2, 0) is 4.79 Å². The van der Waals surface area contributed by atoms with Crippen molar-refractivity contribution in [3.8, 4) is 23.0 Å². The molecule has 1 heterocycles. The Morgan fingerprint density at radius 1 is 0.892 bits per heavy atom. The zero-order valence-corrected chi connectivity index (χ0v) is 20.5. The Hall–Kier alpha value is -4.79. The Morgan fingerprint density at radius 2 is 1.62 bits per heavy atom. The van der Waals surface area contributed by atoms with E-state index in [-0.39, 0.29) is 12.5 Å². The average Bonchev–Trinajstić information content (AvgIpc) is 3.38. The molecule has 0 fully saturated rings. The molecule has 2 N–H and O–H groups in total. The molecule has 3 aromatic rings. The van der Waals surface area contributed by atoms with Crippen LogP contribution in [0.5, 0.6) is 23.0 Å². The Morgan fingerprint density at radius 3 is 2.41 bits per heavy atom. The Balaban J connectivity index is 1.53. The summed E-state index contributed by atoms with van der Waals surface area (Å²) in [6.07, 6.45) is 3.02. The van der Waals surface area contributed by atoms with Crippen LogP contribution in [0.3, 0.4) is 0 Å². The number of nitrogens with one attached hydrogen (secondary N) is 2. The van der Waals surface area contributed by atoms with Crippen molar-refractivity contribution in [2.24, 2.45) is 5.10 Å². The number of carbonyl (C=O) groups excluding carboxylic acids is 2. The first-order valence-electron chi connectivity index (χ1n) is 11.8. The van der Waals surface area contributed by atoms with Crippen LogP contribution < -0.4 is 29.7 Å². The molecule has 190 valence electrons. The second kappa shape index (κ2) is 12.3. The van der Waals surface area contributed by atoms with Crippen LogP contribution in [0.2, 0.25) is 0 Å². The maximum absolute atomic E-state index is 13.0. The summed E-state index contributed by atoms with van der Waals surface area (Å²) in [5, 5.41) is 6.73. The van der Waals surface area contributed by atoms with Crippen molar-refractivity contribution in [3.05, 3.63) is 89.1 Å². The molecule has 0 unspecified atom stereocenters. The number of hydrazone groups is 1. The average molecular weight is 502 g/mol. The van der Waals surface area contributed by atoms with Gasteiger partial charge in [-0.05, 0) is 73.5 Å². The van der Waals surface area contributed by atoms with Gasteiger partial charge in [0.2, 0.25) is 6.79 Å². The van der Waals surface area contributed by atoms with Gasteiger partial charge in [-0.1, -0.05) is 24.3 Å². The molecule has 0 atom stereocenters. The first-order valence-corrected chi connectivity index (χ1v) is 11.8. The van der Waals surface area contributed by atoms with Gasteiger partial charge in [0.05, 0.1) is 19.4 Å². The number of hydrogen-bond acceptors (Lipinski definition) is 7. The zero-order valence-electron chi connectivity index (χ0n) is 20.5. The van der Waals surface area contributed by atoms with E-state index in [1.807, 2.05) is 13.8 Å². The van der Waals surface area contributed by atoms with Gasteiger partial charge in [-0.2, -0.15) is 5.10 Å². The molecular weight excluding hydrogens is 474 g/mol. The molecule has 2 amide bonds. The molecule has 0 aromatic heterocycles. The Bertz CT molecular complexity index is 1320. The smallest absolute Gasteiger partial charge is 0.287 e. The van der Waals surface area contributed by atoms with Gasteiger partial charge >= 0.3 is 0 Å². The van der Waals surface area contributed by atoms with Crippen molar-refractivity contribution in [3.63, 3.8) is 0 Å². The van der Waals surface area contributed by atoms with Crippen molar-refractivity contribution in [2.45, 2.75) is 13.8 Å². The maximum atomic E-state index is 13.0. The highest BCUT2D eigenvalue weighted by molar-refractivity contribution is 6.05. The molecule has 1 aliphatic rings. The standard InChI is InChI=1S/C28H27N3O6/c1-3-34-23-13-11-20(16-25(23)35-4-2)17-29-31-28(33)22(30-27(32)21-8-6-5-7-9-21)14-19-10-12-24-26(15-19)37-18-36-24/h5-17H,3-4,18H2,1-2H3,(H,30,32)(H,31,33). The van der Waals surface area contributed by atoms with Crippen LogP contribution in [0.4, 0.5) is 0 Å². The van der Waals surface area contributed by atoms with Crippen LogP contribution in [0, 0.1) is 0 Å². The fraction of sp³-hybridized carbons (Fsp3) is 0.179. The number of nitrogens with zero attached hydrogens (tertiary/aromatic N) is 1. The molecule has 0 bridgehead atoms. The molecule has 3 aromatic carbocycles. The van der Waals surface area contributed by atoms with E-state index in [4.69, 9.17) is 18.9 Å². The summed E-state index contributed by atoms with van der Waals surface area (Å²) in [5.41, 5.74) is 4.22. The van der Waals surface area contributed by atoms with E-state index in [2.05, 4.69) is 15.8 Å². The molecular formula is C28H27N3O6. The summed E-state index contributed by atoms with van der Waals surface area (Å²) in [6.45, 7) is 4.90. The van der Waals surface area contributed by atoms with Crippen molar-refractivity contribution in [1.29, 1.82) is 0 Å². The molecule has 4 rings (SSSR count). The molecule has 0 spiro atoms. The SMILES string of the molecule is CCOc1ccc(C=NNC(=O)C(=Cc2ccc3c(c2)OCO3)NC(=O)c2ccccc2)cc1OCC. The molecule has 1 aliphatic heterocycles. The lowest BCUT2D eigenvalue weighted by molar-refractivity contribution is -0.117. The van der Waals surface area contributed by atoms with Gasteiger partial charge in [-0.15, -0.1) is 0 Å². The third-order valence-electron chi connectivity index (χ3n) is 5.18. The fourth-order valence-corrected chi connectivity index (χ4v) is 3.49. The van der Waals surface area contributed by atoms with E-state index in [0.717, 1.165) is 0 Å². The van der Waals surface area contributed by atoms with Crippen LogP contribution >= 0.6 is 0 Å². The minimum Gasteiger partial charge on any atom is -0.490 e. The lowest BCUT2D eigenvalue weighted by Crippen LogP contribution is -2.32. The molecule has 0 radical (unpaired) electrons. The van der Waals surface area contributed by atoms with Gasteiger partial charge in [0.1, 0.15) is 5.70 Å². The van der Waals surface area contributed by atoms with Crippen LogP contribution in [0.1, 0.15) is 35.3 Å². The summed E-state index contributed by atoms with van der Waals surface area (Å²) < 4.78 is 22.0. The van der Waals surface area contributed by atoms with Crippen molar-refractivity contribution < 1.29 is 28.5 Å². The zero-order chi connectivity index (χ0) is 26.0. The van der Waals surface area contributed by atoms with E-state index >= 15 is 0 Å².